The molecule has 0 fully saturated rings. The van der Waals surface area contributed by atoms with Crippen LogP contribution in [0.3, 0.4) is 0 Å². The molecule has 0 saturated heterocycles. The van der Waals surface area contributed by atoms with Crippen LogP contribution in [0.1, 0.15) is 18.9 Å². The predicted molar refractivity (Wildman–Crippen MR) is 85.7 cm³/mol. The van der Waals surface area contributed by atoms with Crippen LogP contribution in [0, 0.1) is 0 Å². The second-order valence-electron chi connectivity index (χ2n) is 5.16. The Hall–Kier alpha value is -1.14. The van der Waals surface area contributed by atoms with E-state index in [9.17, 15) is 14.7 Å². The molecule has 2 rings (SSSR count). The summed E-state index contributed by atoms with van der Waals surface area (Å²) in [6.45, 7) is 1.86. The summed E-state index contributed by atoms with van der Waals surface area (Å²) < 4.78 is 3.50. The zero-order valence-corrected chi connectivity index (χ0v) is 14.7. The third kappa shape index (κ3) is 2.44. The number of carbonyl (C=O) groups excluding carboxylic acids is 2. The zero-order valence-electron chi connectivity index (χ0n) is 11.5. The van der Waals surface area contributed by atoms with E-state index in [0.717, 1.165) is 5.56 Å². The molecular weight excluding hydrogens is 404 g/mol. The summed E-state index contributed by atoms with van der Waals surface area (Å²) in [4.78, 5) is 24.3. The van der Waals surface area contributed by atoms with Crippen LogP contribution in [0.4, 0.5) is 0 Å². The van der Waals surface area contributed by atoms with Crippen LogP contribution >= 0.6 is 31.9 Å². The summed E-state index contributed by atoms with van der Waals surface area (Å²) in [5.41, 5.74) is 0.153. The first kappa shape index (κ1) is 16.2. The molecule has 21 heavy (non-hydrogen) atoms. The molecule has 0 aliphatic heterocycles. The van der Waals surface area contributed by atoms with Crippen molar-refractivity contribution in [3.63, 3.8) is 0 Å². The first-order chi connectivity index (χ1) is 9.77. The SMILES string of the molecule is COC(=O)[C@]1(Br)C[C@](C)(c2ccccc2)C(Br)=C(O)C1=O. The highest BCUT2D eigenvalue weighted by atomic mass is 79.9. The number of hydrogen-bond donors (Lipinski definition) is 1. The topological polar surface area (TPSA) is 63.6 Å². The van der Waals surface area contributed by atoms with Gasteiger partial charge in [-0.05, 0) is 12.0 Å². The lowest BCUT2D eigenvalue weighted by molar-refractivity contribution is -0.147. The number of Topliss-reactive ketones (excluding diaryl/α,β-unsaturated/α-hetero) is 1. The van der Waals surface area contributed by atoms with Crippen molar-refractivity contribution in [1.29, 1.82) is 0 Å². The molecule has 1 aliphatic carbocycles. The van der Waals surface area contributed by atoms with Crippen molar-refractivity contribution in [3.05, 3.63) is 46.1 Å². The lowest BCUT2D eigenvalue weighted by atomic mass is 9.70. The van der Waals surface area contributed by atoms with Crippen LogP contribution in [0.15, 0.2) is 40.6 Å². The number of benzene rings is 1. The van der Waals surface area contributed by atoms with Gasteiger partial charge in [0.2, 0.25) is 5.78 Å². The Morgan fingerprint density at radius 2 is 1.90 bits per heavy atom. The van der Waals surface area contributed by atoms with Crippen molar-refractivity contribution in [3.8, 4) is 0 Å². The monoisotopic (exact) mass is 416 g/mol. The van der Waals surface area contributed by atoms with Gasteiger partial charge in [-0.15, -0.1) is 0 Å². The van der Waals surface area contributed by atoms with E-state index < -0.39 is 27.3 Å². The van der Waals surface area contributed by atoms with Crippen LogP contribution in [-0.2, 0) is 19.7 Å². The normalized spacial score (nSPS) is 29.4. The molecule has 0 heterocycles. The first-order valence-electron chi connectivity index (χ1n) is 6.24. The summed E-state index contributed by atoms with van der Waals surface area (Å²) in [6, 6.07) is 9.37. The molecule has 0 aromatic heterocycles. The average molecular weight is 418 g/mol. The van der Waals surface area contributed by atoms with Gasteiger partial charge in [0.25, 0.3) is 0 Å². The van der Waals surface area contributed by atoms with Crippen molar-refractivity contribution >= 4 is 43.6 Å². The predicted octanol–water partition coefficient (Wildman–Crippen LogP) is 3.39. The van der Waals surface area contributed by atoms with Crippen LogP contribution in [0.25, 0.3) is 0 Å². The molecule has 0 radical (unpaired) electrons. The van der Waals surface area contributed by atoms with Crippen molar-refractivity contribution in [2.24, 2.45) is 0 Å². The van der Waals surface area contributed by atoms with E-state index in [2.05, 4.69) is 31.9 Å². The third-order valence-corrected chi connectivity index (χ3v) is 6.00. The number of aliphatic hydroxyl groups is 1. The fourth-order valence-corrected chi connectivity index (χ4v) is 4.01. The molecule has 1 N–H and O–H groups in total. The molecule has 0 unspecified atom stereocenters. The van der Waals surface area contributed by atoms with Gasteiger partial charge in [0.05, 0.1) is 11.6 Å². The molecular formula is C15H14Br2O4. The van der Waals surface area contributed by atoms with Gasteiger partial charge in [-0.1, -0.05) is 69.1 Å². The van der Waals surface area contributed by atoms with E-state index in [1.807, 2.05) is 37.3 Å². The molecule has 1 aromatic rings. The van der Waals surface area contributed by atoms with Crippen LogP contribution in [-0.4, -0.2) is 28.3 Å². The third-order valence-electron chi connectivity index (χ3n) is 3.78. The molecule has 6 heteroatoms. The van der Waals surface area contributed by atoms with Crippen molar-refractivity contribution < 1.29 is 19.4 Å². The Morgan fingerprint density at radius 3 is 2.43 bits per heavy atom. The van der Waals surface area contributed by atoms with E-state index in [1.165, 1.54) is 7.11 Å². The quantitative estimate of drug-likeness (QED) is 0.455. The molecule has 0 amide bonds. The standard InChI is InChI=1S/C15H14Br2O4/c1-14(9-6-4-3-5-7-9)8-15(17,13(20)21-2)12(19)10(18)11(14)16/h3-7,18H,8H2,1-2H3/t14-,15+/m1/s1. The summed E-state index contributed by atoms with van der Waals surface area (Å²) >= 11 is 6.50. The lowest BCUT2D eigenvalue weighted by Gasteiger charge is -2.40. The Bertz CT molecular complexity index is 626. The van der Waals surface area contributed by atoms with Crippen molar-refractivity contribution in [2.45, 2.75) is 23.1 Å². The van der Waals surface area contributed by atoms with Crippen LogP contribution in [0.5, 0.6) is 0 Å². The van der Waals surface area contributed by atoms with Gasteiger partial charge in [0, 0.05) is 5.41 Å². The van der Waals surface area contributed by atoms with Gasteiger partial charge in [-0.25, -0.2) is 0 Å². The lowest BCUT2D eigenvalue weighted by Crippen LogP contribution is -2.51. The number of methoxy groups -OCH3 is 1. The highest BCUT2D eigenvalue weighted by Gasteiger charge is 2.56. The molecule has 1 aliphatic rings. The van der Waals surface area contributed by atoms with Gasteiger partial charge in [-0.3, -0.25) is 9.59 Å². The average Bonchev–Trinajstić information content (AvgIpc) is 2.51. The smallest absolute Gasteiger partial charge is 0.330 e. The van der Waals surface area contributed by atoms with E-state index in [0.29, 0.717) is 4.48 Å². The maximum atomic E-state index is 12.3. The maximum Gasteiger partial charge on any atom is 0.330 e. The summed E-state index contributed by atoms with van der Waals surface area (Å²) in [5.74, 6) is -1.88. The zero-order chi connectivity index (χ0) is 15.8. The fraction of sp³-hybridized carbons (Fsp3) is 0.333. The molecule has 0 saturated carbocycles. The number of carbonyl (C=O) groups is 2. The molecule has 4 nitrogen and oxygen atoms in total. The minimum absolute atomic E-state index is 0.139. The maximum absolute atomic E-state index is 12.3. The molecule has 0 spiro atoms. The summed E-state index contributed by atoms with van der Waals surface area (Å²) in [5, 5.41) is 10.2. The van der Waals surface area contributed by atoms with E-state index in [4.69, 9.17) is 4.74 Å². The highest BCUT2D eigenvalue weighted by molar-refractivity contribution is 9.12. The molecule has 112 valence electrons. The summed E-state index contributed by atoms with van der Waals surface area (Å²) in [6.07, 6.45) is 0.139. The minimum atomic E-state index is -1.59. The first-order valence-corrected chi connectivity index (χ1v) is 7.83. The van der Waals surface area contributed by atoms with E-state index in [1.54, 1.807) is 0 Å². The van der Waals surface area contributed by atoms with Crippen molar-refractivity contribution in [2.75, 3.05) is 7.11 Å². The number of allylic oxidation sites excluding steroid dienone is 2. The second-order valence-corrected chi connectivity index (χ2v) is 7.31. The Kier molecular flexibility index (Phi) is 4.31. The van der Waals surface area contributed by atoms with Gasteiger partial charge in [-0.2, -0.15) is 0 Å². The molecule has 1 aromatic carbocycles. The highest BCUT2D eigenvalue weighted by Crippen LogP contribution is 2.50. The largest absolute Gasteiger partial charge is 0.504 e. The fourth-order valence-electron chi connectivity index (χ4n) is 2.56. The van der Waals surface area contributed by atoms with E-state index >= 15 is 0 Å². The van der Waals surface area contributed by atoms with Crippen molar-refractivity contribution in [1.82, 2.24) is 0 Å². The molecule has 2 atom stereocenters. The number of rotatable bonds is 2. The van der Waals surface area contributed by atoms with Gasteiger partial charge in [0.1, 0.15) is 0 Å². The van der Waals surface area contributed by atoms with Gasteiger partial charge >= 0.3 is 5.97 Å². The number of alkyl halides is 1. The van der Waals surface area contributed by atoms with Crippen LogP contribution in [0.2, 0.25) is 0 Å². The Labute approximate surface area is 139 Å². The second kappa shape index (κ2) is 5.57. The van der Waals surface area contributed by atoms with Gasteiger partial charge in [0.15, 0.2) is 10.1 Å². The number of aliphatic hydroxyl groups excluding tert-OH is 1. The van der Waals surface area contributed by atoms with E-state index in [-0.39, 0.29) is 6.42 Å². The number of esters is 1. The number of ether oxygens (including phenoxy) is 1. The van der Waals surface area contributed by atoms with Gasteiger partial charge < -0.3 is 9.84 Å². The number of halogens is 2. The Morgan fingerprint density at radius 1 is 1.33 bits per heavy atom. The minimum Gasteiger partial charge on any atom is -0.504 e. The number of ketones is 1. The number of hydrogen-bond acceptors (Lipinski definition) is 4. The summed E-state index contributed by atoms with van der Waals surface area (Å²) in [7, 11) is 1.21. The van der Waals surface area contributed by atoms with Crippen LogP contribution < -0.4 is 0 Å². The Balaban J connectivity index is 2.64. The molecule has 0 bridgehead atoms.